The third-order valence-electron chi connectivity index (χ3n) is 2.01. The Bertz CT molecular complexity index is 604. The number of sulfonamides is 1. The van der Waals surface area contributed by atoms with Crippen LogP contribution < -0.4 is 5.14 Å². The average molecular weight is 309 g/mol. The van der Waals surface area contributed by atoms with Crippen LogP contribution in [-0.4, -0.2) is 13.5 Å². The molecule has 0 bridgehead atoms. The summed E-state index contributed by atoms with van der Waals surface area (Å²) >= 11 is 0. The number of benzene rings is 1. The summed E-state index contributed by atoms with van der Waals surface area (Å²) in [5, 5.41) is 13.5. The van der Waals surface area contributed by atoms with Crippen molar-refractivity contribution >= 4 is 10.0 Å². The number of hydrogen-bond donors (Lipinski definition) is 2. The van der Waals surface area contributed by atoms with Crippen LogP contribution in [-0.2, 0) is 22.4 Å². The molecule has 4 nitrogen and oxygen atoms in total. The van der Waals surface area contributed by atoms with Crippen LogP contribution in [0.15, 0.2) is 17.0 Å². The quantitative estimate of drug-likeness (QED) is 0.779. The van der Waals surface area contributed by atoms with E-state index in [0.29, 0.717) is 0 Å². The van der Waals surface area contributed by atoms with E-state index in [1.54, 1.807) is 0 Å². The Morgan fingerprint density at radius 3 is 1.79 bits per heavy atom. The SMILES string of the molecule is NS(=O)(=O)c1cc(O)c(C(F)(F)F)c(C(F)(F)F)c1. The van der Waals surface area contributed by atoms with Crippen molar-refractivity contribution in [3.63, 3.8) is 0 Å². The number of alkyl halides is 6. The summed E-state index contributed by atoms with van der Waals surface area (Å²) in [6.45, 7) is 0. The van der Waals surface area contributed by atoms with Crippen molar-refractivity contribution in [1.82, 2.24) is 0 Å². The van der Waals surface area contributed by atoms with Crippen molar-refractivity contribution < 1.29 is 39.9 Å². The summed E-state index contributed by atoms with van der Waals surface area (Å²) in [4.78, 5) is -1.27. The van der Waals surface area contributed by atoms with Gasteiger partial charge in [0.2, 0.25) is 10.0 Å². The van der Waals surface area contributed by atoms with E-state index in [1.165, 1.54) is 0 Å². The van der Waals surface area contributed by atoms with Crippen LogP contribution in [0.3, 0.4) is 0 Å². The first kappa shape index (κ1) is 15.6. The lowest BCUT2D eigenvalue weighted by molar-refractivity contribution is -0.163. The van der Waals surface area contributed by atoms with E-state index in [2.05, 4.69) is 5.14 Å². The monoisotopic (exact) mass is 309 g/mol. The summed E-state index contributed by atoms with van der Waals surface area (Å²) in [7, 11) is -4.70. The molecule has 0 aliphatic heterocycles. The van der Waals surface area contributed by atoms with Crippen molar-refractivity contribution in [2.75, 3.05) is 0 Å². The first-order valence-electron chi connectivity index (χ1n) is 4.29. The first-order valence-corrected chi connectivity index (χ1v) is 5.83. The smallest absolute Gasteiger partial charge is 0.420 e. The molecule has 0 saturated heterocycles. The molecule has 11 heteroatoms. The standard InChI is InChI=1S/C8H5F6NO3S/c9-7(10,11)4-1-3(19(15,17)18)2-5(16)6(4)8(12,13)14/h1-2,16H,(H2,15,17,18). The predicted octanol–water partition coefficient (Wildman–Crippen LogP) is 2.08. The van der Waals surface area contributed by atoms with Crippen LogP contribution in [0.25, 0.3) is 0 Å². The van der Waals surface area contributed by atoms with Crippen LogP contribution in [0, 0.1) is 0 Å². The summed E-state index contributed by atoms with van der Waals surface area (Å²) in [5.41, 5.74) is -4.70. The lowest BCUT2D eigenvalue weighted by atomic mass is 10.1. The lowest BCUT2D eigenvalue weighted by Gasteiger charge is -2.17. The molecule has 0 atom stereocenters. The highest BCUT2D eigenvalue weighted by Crippen LogP contribution is 2.45. The van der Waals surface area contributed by atoms with Crippen LogP contribution in [0.4, 0.5) is 26.3 Å². The highest BCUT2D eigenvalue weighted by molar-refractivity contribution is 7.89. The molecule has 0 unspecified atom stereocenters. The largest absolute Gasteiger partial charge is 0.507 e. The second kappa shape index (κ2) is 4.27. The van der Waals surface area contributed by atoms with Crippen molar-refractivity contribution in [3.05, 3.63) is 23.3 Å². The summed E-state index contributed by atoms with van der Waals surface area (Å²) in [6.07, 6.45) is -11.0. The molecular weight excluding hydrogens is 304 g/mol. The van der Waals surface area contributed by atoms with Crippen LogP contribution >= 0.6 is 0 Å². The minimum absolute atomic E-state index is 0.00734. The molecule has 3 N–H and O–H groups in total. The zero-order valence-electron chi connectivity index (χ0n) is 8.67. The minimum Gasteiger partial charge on any atom is -0.507 e. The second-order valence-electron chi connectivity index (χ2n) is 3.41. The molecule has 0 aromatic heterocycles. The molecule has 0 aliphatic carbocycles. The summed E-state index contributed by atoms with van der Waals surface area (Å²) < 4.78 is 96.4. The van der Waals surface area contributed by atoms with Gasteiger partial charge < -0.3 is 5.11 Å². The van der Waals surface area contributed by atoms with Gasteiger partial charge in [0.15, 0.2) is 0 Å². The number of aromatic hydroxyl groups is 1. The van der Waals surface area contributed by atoms with E-state index < -0.39 is 44.1 Å². The van der Waals surface area contributed by atoms with E-state index in [9.17, 15) is 34.8 Å². The molecule has 1 aromatic carbocycles. The molecule has 108 valence electrons. The van der Waals surface area contributed by atoms with Gasteiger partial charge >= 0.3 is 12.4 Å². The van der Waals surface area contributed by atoms with Gasteiger partial charge in [0.05, 0.1) is 10.5 Å². The van der Waals surface area contributed by atoms with Crippen molar-refractivity contribution in [1.29, 1.82) is 0 Å². The molecule has 0 heterocycles. The maximum absolute atomic E-state index is 12.5. The van der Waals surface area contributed by atoms with Crippen molar-refractivity contribution in [2.45, 2.75) is 17.2 Å². The second-order valence-corrected chi connectivity index (χ2v) is 4.97. The summed E-state index contributed by atoms with van der Waals surface area (Å²) in [6, 6.07) is -0.273. The molecule has 1 aromatic rings. The van der Waals surface area contributed by atoms with Crippen molar-refractivity contribution in [3.8, 4) is 5.75 Å². The Hall–Kier alpha value is -1.49. The maximum atomic E-state index is 12.5. The van der Waals surface area contributed by atoms with Gasteiger partial charge in [-0.2, -0.15) is 26.3 Å². The maximum Gasteiger partial charge on any atom is 0.420 e. The number of phenolic OH excluding ortho intramolecular Hbond substituents is 1. The minimum atomic E-state index is -5.51. The van der Waals surface area contributed by atoms with Crippen LogP contribution in [0.1, 0.15) is 11.1 Å². The van der Waals surface area contributed by atoms with E-state index in [4.69, 9.17) is 5.11 Å². The molecule has 0 spiro atoms. The molecule has 0 radical (unpaired) electrons. The third kappa shape index (κ3) is 3.29. The van der Waals surface area contributed by atoms with Crippen LogP contribution in [0.5, 0.6) is 5.75 Å². The Morgan fingerprint density at radius 1 is 1.00 bits per heavy atom. The number of rotatable bonds is 1. The first-order chi connectivity index (χ1) is 8.24. The molecule has 0 saturated carbocycles. The van der Waals surface area contributed by atoms with Gasteiger partial charge in [-0.3, -0.25) is 0 Å². The number of halogens is 6. The Balaban J connectivity index is 3.78. The topological polar surface area (TPSA) is 80.4 Å². The van der Waals surface area contributed by atoms with E-state index in [1.807, 2.05) is 0 Å². The van der Waals surface area contributed by atoms with E-state index >= 15 is 0 Å². The molecule has 0 amide bonds. The number of hydrogen-bond acceptors (Lipinski definition) is 3. The Kier molecular flexibility index (Phi) is 3.50. The van der Waals surface area contributed by atoms with Gasteiger partial charge in [-0.05, 0) is 6.07 Å². The fraction of sp³-hybridized carbons (Fsp3) is 0.250. The highest BCUT2D eigenvalue weighted by Gasteiger charge is 2.46. The molecule has 0 fully saturated rings. The number of nitrogens with two attached hydrogens (primary N) is 1. The van der Waals surface area contributed by atoms with E-state index in [-0.39, 0.29) is 12.1 Å². The van der Waals surface area contributed by atoms with Crippen LogP contribution in [0.2, 0.25) is 0 Å². The zero-order chi connectivity index (χ0) is 15.2. The van der Waals surface area contributed by atoms with Gasteiger partial charge in [0.1, 0.15) is 11.3 Å². The van der Waals surface area contributed by atoms with Gasteiger partial charge in [-0.25, -0.2) is 13.6 Å². The lowest BCUT2D eigenvalue weighted by Crippen LogP contribution is -2.19. The van der Waals surface area contributed by atoms with Crippen molar-refractivity contribution in [2.24, 2.45) is 5.14 Å². The Labute approximate surface area is 102 Å². The highest BCUT2D eigenvalue weighted by atomic mass is 32.2. The zero-order valence-corrected chi connectivity index (χ0v) is 9.49. The number of phenols is 1. The third-order valence-corrected chi connectivity index (χ3v) is 2.90. The fourth-order valence-corrected chi connectivity index (χ4v) is 1.84. The predicted molar refractivity (Wildman–Crippen MR) is 49.5 cm³/mol. The number of primary sulfonamides is 1. The molecule has 19 heavy (non-hydrogen) atoms. The van der Waals surface area contributed by atoms with E-state index in [0.717, 1.165) is 0 Å². The average Bonchev–Trinajstić information content (AvgIpc) is 2.11. The molecule has 0 aliphatic rings. The van der Waals surface area contributed by atoms with Gasteiger partial charge in [-0.15, -0.1) is 0 Å². The Morgan fingerprint density at radius 2 is 1.47 bits per heavy atom. The summed E-state index contributed by atoms with van der Waals surface area (Å²) in [5.74, 6) is -1.87. The van der Waals surface area contributed by atoms with Gasteiger partial charge in [0.25, 0.3) is 0 Å². The molecular formula is C8H5F6NO3S. The van der Waals surface area contributed by atoms with Gasteiger partial charge in [-0.1, -0.05) is 0 Å². The molecule has 1 rings (SSSR count). The normalized spacial score (nSPS) is 13.6. The van der Waals surface area contributed by atoms with Gasteiger partial charge in [0, 0.05) is 6.07 Å². The fourth-order valence-electron chi connectivity index (χ4n) is 1.29.